The van der Waals surface area contributed by atoms with Gasteiger partial charge in [-0.2, -0.15) is 0 Å². The Hall–Kier alpha value is -2.27. The van der Waals surface area contributed by atoms with E-state index in [1.165, 1.54) is 26.1 Å². The fourth-order valence-corrected chi connectivity index (χ4v) is 3.87. The maximum absolute atomic E-state index is 14.6. The van der Waals surface area contributed by atoms with Crippen LogP contribution < -0.4 is 11.5 Å². The molecule has 0 saturated heterocycles. The summed E-state index contributed by atoms with van der Waals surface area (Å²) in [5, 5.41) is 0. The van der Waals surface area contributed by atoms with Crippen molar-refractivity contribution in [3.05, 3.63) is 29.1 Å². The Labute approximate surface area is 141 Å². The number of sulfonamides is 1. The number of halogens is 1. The number of rotatable bonds is 1. The molecule has 0 saturated carbocycles. The van der Waals surface area contributed by atoms with E-state index in [2.05, 4.69) is 16.8 Å². The molecule has 0 radical (unpaired) electrons. The SMILES string of the molecule is CC(C)C#Cc1cc(F)c([C@]2(C)CS(=O)(=O)N(C)C(N)=N2)cc1N. The quantitative estimate of drug-likeness (QED) is 0.586. The van der Waals surface area contributed by atoms with Crippen molar-refractivity contribution < 1.29 is 12.8 Å². The first-order valence-electron chi connectivity index (χ1n) is 7.39. The lowest BCUT2D eigenvalue weighted by Gasteiger charge is -2.34. The lowest BCUT2D eigenvalue weighted by molar-refractivity contribution is 0.458. The zero-order valence-corrected chi connectivity index (χ0v) is 14.9. The number of nitrogen functional groups attached to an aromatic ring is 1. The zero-order valence-electron chi connectivity index (χ0n) is 14.1. The number of hydrogen-bond donors (Lipinski definition) is 2. The number of nitrogens with zero attached hydrogens (tertiary/aromatic N) is 2. The van der Waals surface area contributed by atoms with Crippen molar-refractivity contribution >= 4 is 21.7 Å². The van der Waals surface area contributed by atoms with Crippen LogP contribution >= 0.6 is 0 Å². The van der Waals surface area contributed by atoms with E-state index in [9.17, 15) is 12.8 Å². The predicted octanol–water partition coefficient (Wildman–Crippen LogP) is 1.22. The van der Waals surface area contributed by atoms with Gasteiger partial charge in [-0.25, -0.2) is 22.1 Å². The minimum Gasteiger partial charge on any atom is -0.398 e. The molecule has 1 aliphatic rings. The van der Waals surface area contributed by atoms with E-state index in [-0.39, 0.29) is 23.1 Å². The minimum atomic E-state index is -3.69. The van der Waals surface area contributed by atoms with E-state index in [0.29, 0.717) is 5.56 Å². The highest BCUT2D eigenvalue weighted by Gasteiger charge is 2.41. The molecule has 1 aromatic carbocycles. The summed E-state index contributed by atoms with van der Waals surface area (Å²) in [7, 11) is -2.38. The summed E-state index contributed by atoms with van der Waals surface area (Å²) in [6.07, 6.45) is 0. The van der Waals surface area contributed by atoms with Gasteiger partial charge >= 0.3 is 0 Å². The molecule has 6 nitrogen and oxygen atoms in total. The Morgan fingerprint density at radius 3 is 2.54 bits per heavy atom. The monoisotopic (exact) mass is 352 g/mol. The standard InChI is InChI=1S/C16H21FN4O2S/c1-10(2)5-6-11-7-13(17)12(8-14(11)18)16(3)9-24(22,23)21(4)15(19)20-16/h7-8,10H,9,18H2,1-4H3,(H2,19,20)/t16-/m0/s1. The van der Waals surface area contributed by atoms with Gasteiger partial charge in [0.1, 0.15) is 11.4 Å². The van der Waals surface area contributed by atoms with E-state index < -0.39 is 27.1 Å². The van der Waals surface area contributed by atoms with Crippen molar-refractivity contribution in [2.75, 3.05) is 18.5 Å². The highest BCUT2D eigenvalue weighted by molar-refractivity contribution is 7.89. The first kappa shape index (κ1) is 18.1. The molecular weight excluding hydrogens is 331 g/mol. The van der Waals surface area contributed by atoms with Gasteiger partial charge in [0.25, 0.3) is 0 Å². The second-order valence-electron chi connectivity index (χ2n) is 6.31. The number of aliphatic imine (C=N–C) groups is 1. The maximum atomic E-state index is 14.6. The summed E-state index contributed by atoms with van der Waals surface area (Å²) < 4.78 is 39.9. The van der Waals surface area contributed by atoms with Gasteiger partial charge in [0.15, 0.2) is 0 Å². The number of anilines is 1. The predicted molar refractivity (Wildman–Crippen MR) is 93.1 cm³/mol. The highest BCUT2D eigenvalue weighted by Crippen LogP contribution is 2.35. The summed E-state index contributed by atoms with van der Waals surface area (Å²) >= 11 is 0. The first-order valence-corrected chi connectivity index (χ1v) is 9.00. The number of guanidine groups is 1. The lowest BCUT2D eigenvalue weighted by atomic mass is 9.92. The van der Waals surface area contributed by atoms with Gasteiger partial charge in [-0.3, -0.25) is 0 Å². The van der Waals surface area contributed by atoms with E-state index >= 15 is 0 Å². The molecule has 4 N–H and O–H groups in total. The zero-order chi connectivity index (χ0) is 18.3. The van der Waals surface area contributed by atoms with Crippen molar-refractivity contribution in [3.8, 4) is 11.8 Å². The molecule has 1 aromatic rings. The van der Waals surface area contributed by atoms with Crippen LogP contribution in [0.3, 0.4) is 0 Å². The maximum Gasteiger partial charge on any atom is 0.239 e. The molecule has 24 heavy (non-hydrogen) atoms. The fraction of sp³-hybridized carbons (Fsp3) is 0.438. The van der Waals surface area contributed by atoms with Gasteiger partial charge in [0.2, 0.25) is 16.0 Å². The van der Waals surface area contributed by atoms with Crippen molar-refractivity contribution in [2.24, 2.45) is 16.6 Å². The van der Waals surface area contributed by atoms with Crippen LogP contribution in [0.25, 0.3) is 0 Å². The number of nitrogens with two attached hydrogens (primary N) is 2. The normalized spacial score (nSPS) is 22.8. The van der Waals surface area contributed by atoms with Gasteiger partial charge in [-0.1, -0.05) is 25.7 Å². The molecular formula is C16H21FN4O2S. The first-order chi connectivity index (χ1) is 11.0. The van der Waals surface area contributed by atoms with Crippen molar-refractivity contribution in [1.29, 1.82) is 0 Å². The van der Waals surface area contributed by atoms with Crippen molar-refractivity contribution in [3.63, 3.8) is 0 Å². The summed E-state index contributed by atoms with van der Waals surface area (Å²) in [5.74, 6) is 4.66. The molecule has 0 aliphatic carbocycles. The molecule has 8 heteroatoms. The molecule has 0 bridgehead atoms. The molecule has 2 rings (SSSR count). The van der Waals surface area contributed by atoms with Gasteiger partial charge in [-0.05, 0) is 19.1 Å². The Kier molecular flexibility index (Phi) is 4.50. The number of hydrogen-bond acceptors (Lipinski definition) is 5. The lowest BCUT2D eigenvalue weighted by Crippen LogP contribution is -2.50. The second-order valence-corrected chi connectivity index (χ2v) is 8.31. The van der Waals surface area contributed by atoms with Gasteiger partial charge in [0.05, 0.1) is 11.3 Å². The third-order valence-electron chi connectivity index (χ3n) is 3.78. The van der Waals surface area contributed by atoms with Gasteiger partial charge in [-0.15, -0.1) is 0 Å². The third-order valence-corrected chi connectivity index (χ3v) is 5.73. The van der Waals surface area contributed by atoms with Crippen molar-refractivity contribution in [2.45, 2.75) is 26.3 Å². The van der Waals surface area contributed by atoms with Crippen LogP contribution in [0.5, 0.6) is 0 Å². The van der Waals surface area contributed by atoms with Crippen LogP contribution in [0, 0.1) is 23.6 Å². The molecule has 0 amide bonds. The number of benzene rings is 1. The topological polar surface area (TPSA) is 102 Å². The van der Waals surface area contributed by atoms with Crippen LogP contribution in [0.1, 0.15) is 31.9 Å². The average Bonchev–Trinajstić information content (AvgIpc) is 2.44. The van der Waals surface area contributed by atoms with Crippen LogP contribution in [-0.4, -0.2) is 31.5 Å². The van der Waals surface area contributed by atoms with E-state index in [4.69, 9.17) is 11.5 Å². The molecule has 1 heterocycles. The largest absolute Gasteiger partial charge is 0.398 e. The Morgan fingerprint density at radius 1 is 1.38 bits per heavy atom. The molecule has 130 valence electrons. The second kappa shape index (κ2) is 5.98. The highest BCUT2D eigenvalue weighted by atomic mass is 32.2. The third kappa shape index (κ3) is 3.31. The average molecular weight is 352 g/mol. The Balaban J connectivity index is 2.58. The van der Waals surface area contributed by atoms with E-state index in [1.54, 1.807) is 0 Å². The summed E-state index contributed by atoms with van der Waals surface area (Å²) in [5.41, 5.74) is 11.0. The molecule has 0 fully saturated rings. The Morgan fingerprint density at radius 2 is 2.00 bits per heavy atom. The smallest absolute Gasteiger partial charge is 0.239 e. The van der Waals surface area contributed by atoms with Gasteiger partial charge < -0.3 is 11.5 Å². The van der Waals surface area contributed by atoms with Crippen LogP contribution in [0.2, 0.25) is 0 Å². The van der Waals surface area contributed by atoms with Gasteiger partial charge in [0, 0.05) is 24.2 Å². The van der Waals surface area contributed by atoms with E-state index in [1.807, 2.05) is 13.8 Å². The molecule has 1 atom stereocenters. The van der Waals surface area contributed by atoms with Crippen LogP contribution in [0.15, 0.2) is 17.1 Å². The van der Waals surface area contributed by atoms with Crippen LogP contribution in [-0.2, 0) is 15.6 Å². The molecule has 0 spiro atoms. The summed E-state index contributed by atoms with van der Waals surface area (Å²) in [4.78, 5) is 4.18. The van der Waals surface area contributed by atoms with Crippen LogP contribution in [0.4, 0.5) is 10.1 Å². The molecule has 0 unspecified atom stereocenters. The summed E-state index contributed by atoms with van der Waals surface area (Å²) in [6.45, 7) is 5.34. The van der Waals surface area contributed by atoms with E-state index in [0.717, 1.165) is 4.31 Å². The fourth-order valence-electron chi connectivity index (χ4n) is 2.42. The van der Waals surface area contributed by atoms with Crippen molar-refractivity contribution in [1.82, 2.24) is 4.31 Å². The molecule has 0 aromatic heterocycles. The Bertz CT molecular complexity index is 868. The minimum absolute atomic E-state index is 0.0784. The summed E-state index contributed by atoms with van der Waals surface area (Å²) in [6, 6.07) is 2.60. The molecule has 1 aliphatic heterocycles.